The van der Waals surface area contributed by atoms with Crippen LogP contribution in [0.3, 0.4) is 0 Å². The highest BCUT2D eigenvalue weighted by molar-refractivity contribution is 5.98. The van der Waals surface area contributed by atoms with Crippen molar-refractivity contribution >= 4 is 17.7 Å². The largest absolute Gasteiger partial charge is 0.292 e. The van der Waals surface area contributed by atoms with E-state index in [1.54, 1.807) is 0 Å². The highest BCUT2D eigenvalue weighted by atomic mass is 16.2. The highest BCUT2D eigenvalue weighted by Gasteiger charge is 2.64. The number of carbonyl (C=O) groups is 3. The van der Waals surface area contributed by atoms with Crippen LogP contribution in [0.5, 0.6) is 0 Å². The molecule has 4 heterocycles. The Kier molecular flexibility index (Phi) is 4.56. The minimum atomic E-state index is -0.831. The van der Waals surface area contributed by atoms with E-state index in [0.29, 0.717) is 0 Å². The average molecular weight is 520 g/mol. The first-order valence-electron chi connectivity index (χ1n) is 13.7. The minimum Gasteiger partial charge on any atom is -0.292 e. The van der Waals surface area contributed by atoms with Gasteiger partial charge >= 0.3 is 0 Å². The zero-order valence-corrected chi connectivity index (χ0v) is 23.2. The summed E-state index contributed by atoms with van der Waals surface area (Å²) >= 11 is 0. The molecule has 1 fully saturated rings. The molecule has 0 spiro atoms. The summed E-state index contributed by atoms with van der Waals surface area (Å²) in [6.07, 6.45) is -1.93. The summed E-state index contributed by atoms with van der Waals surface area (Å²) in [5, 5.41) is 0. The Morgan fingerprint density at radius 2 is 0.667 bits per heavy atom. The molecule has 6 nitrogen and oxygen atoms in total. The zero-order valence-electron chi connectivity index (χ0n) is 23.2. The molecule has 0 unspecified atom stereocenters. The second-order valence-electron chi connectivity index (χ2n) is 12.9. The molecule has 3 amide bonds. The lowest BCUT2D eigenvalue weighted by Gasteiger charge is -2.65. The van der Waals surface area contributed by atoms with Crippen LogP contribution in [0.4, 0.5) is 0 Å². The lowest BCUT2D eigenvalue weighted by atomic mass is 9.69. The molecule has 0 aliphatic carbocycles. The standard InChI is InChI=1S/C33H33N3O3/c1-31(2)22-16-10-7-13-19(22)25-34(28(31)37)26-20-14-8-11-17-23(20)32(3,4)30(39)36(26)27-21-15-9-12-18-24(21)33(5,6)29(38)35(25)27/h7-18,25-27H,1-6H3. The van der Waals surface area contributed by atoms with E-state index in [-0.39, 0.29) is 17.7 Å². The number of rotatable bonds is 0. The molecule has 0 N–H and O–H groups in total. The van der Waals surface area contributed by atoms with Crippen molar-refractivity contribution in [2.45, 2.75) is 76.3 Å². The van der Waals surface area contributed by atoms with E-state index >= 15 is 0 Å². The fraction of sp³-hybridized carbons (Fsp3) is 0.364. The number of hydrogen-bond acceptors (Lipinski definition) is 3. The van der Waals surface area contributed by atoms with Crippen LogP contribution in [0, 0.1) is 0 Å². The fourth-order valence-electron chi connectivity index (χ4n) is 7.56. The van der Waals surface area contributed by atoms with Gasteiger partial charge in [-0.25, -0.2) is 0 Å². The number of benzene rings is 3. The van der Waals surface area contributed by atoms with Crippen LogP contribution in [0.25, 0.3) is 0 Å². The van der Waals surface area contributed by atoms with Crippen molar-refractivity contribution < 1.29 is 14.4 Å². The first-order chi connectivity index (χ1) is 18.4. The Morgan fingerprint density at radius 3 is 0.923 bits per heavy atom. The van der Waals surface area contributed by atoms with Crippen molar-refractivity contribution in [3.05, 3.63) is 106 Å². The molecule has 4 aliphatic rings. The van der Waals surface area contributed by atoms with E-state index in [1.165, 1.54) is 0 Å². The van der Waals surface area contributed by atoms with Crippen molar-refractivity contribution in [2.24, 2.45) is 0 Å². The maximum Gasteiger partial charge on any atom is 0.236 e. The summed E-state index contributed by atoms with van der Waals surface area (Å²) < 4.78 is 0. The zero-order chi connectivity index (χ0) is 27.6. The number of hydrogen-bond donors (Lipinski definition) is 0. The third kappa shape index (κ3) is 2.74. The van der Waals surface area contributed by atoms with Crippen LogP contribution in [0.1, 0.15) is 93.4 Å². The van der Waals surface area contributed by atoms with Crippen LogP contribution in [-0.2, 0) is 30.6 Å². The summed E-state index contributed by atoms with van der Waals surface area (Å²) in [6, 6.07) is 23.9. The summed E-state index contributed by atoms with van der Waals surface area (Å²) in [5.41, 5.74) is 3.07. The van der Waals surface area contributed by atoms with Gasteiger partial charge in [0.05, 0.1) is 16.2 Å². The SMILES string of the molecule is CC1(C)C(=O)N2C(c3ccccc31)N1C(=O)C(C)(C)c3ccccc3C1N1C(=O)C(C)(C)c3ccccc3C21. The molecule has 0 atom stereocenters. The smallest absolute Gasteiger partial charge is 0.236 e. The van der Waals surface area contributed by atoms with E-state index in [1.807, 2.05) is 129 Å². The van der Waals surface area contributed by atoms with Crippen molar-refractivity contribution in [3.63, 3.8) is 0 Å². The summed E-state index contributed by atoms with van der Waals surface area (Å²) in [5.74, 6) is -0.274. The molecule has 39 heavy (non-hydrogen) atoms. The molecule has 6 heteroatoms. The van der Waals surface area contributed by atoms with Crippen molar-refractivity contribution in [1.82, 2.24) is 14.7 Å². The molecule has 0 bridgehead atoms. The first kappa shape index (κ1) is 24.1. The molecule has 198 valence electrons. The number of amides is 3. The number of carbonyl (C=O) groups excluding carboxylic acids is 3. The molecule has 0 aromatic heterocycles. The quantitative estimate of drug-likeness (QED) is 0.397. The lowest BCUT2D eigenvalue weighted by molar-refractivity contribution is -0.215. The molecular weight excluding hydrogens is 486 g/mol. The van der Waals surface area contributed by atoms with Crippen LogP contribution >= 0.6 is 0 Å². The van der Waals surface area contributed by atoms with E-state index in [0.717, 1.165) is 33.4 Å². The van der Waals surface area contributed by atoms with Gasteiger partial charge < -0.3 is 0 Å². The molecule has 3 aromatic rings. The maximum atomic E-state index is 14.6. The van der Waals surface area contributed by atoms with E-state index in [4.69, 9.17) is 0 Å². The van der Waals surface area contributed by atoms with Gasteiger partial charge in [0.25, 0.3) is 0 Å². The maximum absolute atomic E-state index is 14.6. The van der Waals surface area contributed by atoms with Crippen LogP contribution in [0.15, 0.2) is 72.8 Å². The normalized spacial score (nSPS) is 27.1. The number of nitrogens with zero attached hydrogens (tertiary/aromatic N) is 3. The second-order valence-corrected chi connectivity index (χ2v) is 12.9. The Bertz CT molecular complexity index is 1400. The Labute approximate surface area is 229 Å². The second kappa shape index (κ2) is 7.38. The van der Waals surface area contributed by atoms with Crippen molar-refractivity contribution in [2.75, 3.05) is 0 Å². The van der Waals surface area contributed by atoms with Gasteiger partial charge in [0.2, 0.25) is 17.7 Å². The van der Waals surface area contributed by atoms with Gasteiger partial charge in [-0.05, 0) is 74.9 Å². The Hall–Kier alpha value is -3.93. The molecule has 4 aliphatic heterocycles. The molecule has 0 radical (unpaired) electrons. The predicted octanol–water partition coefficient (Wildman–Crippen LogP) is 5.46. The average Bonchev–Trinajstić information content (AvgIpc) is 2.92. The molecular formula is C33H33N3O3. The van der Waals surface area contributed by atoms with E-state index in [9.17, 15) is 14.4 Å². The van der Waals surface area contributed by atoms with Crippen LogP contribution in [-0.4, -0.2) is 32.4 Å². The van der Waals surface area contributed by atoms with Crippen molar-refractivity contribution in [1.29, 1.82) is 0 Å². The van der Waals surface area contributed by atoms with Gasteiger partial charge in [0, 0.05) is 0 Å². The van der Waals surface area contributed by atoms with Gasteiger partial charge in [-0.3, -0.25) is 29.1 Å². The summed E-state index contributed by atoms with van der Waals surface area (Å²) in [4.78, 5) is 49.3. The molecule has 1 saturated heterocycles. The van der Waals surface area contributed by atoms with Crippen LogP contribution < -0.4 is 0 Å². The number of fused-ring (bicyclic) bond motifs is 12. The topological polar surface area (TPSA) is 60.9 Å². The van der Waals surface area contributed by atoms with E-state index < -0.39 is 34.7 Å². The highest BCUT2D eigenvalue weighted by Crippen LogP contribution is 2.60. The van der Waals surface area contributed by atoms with Crippen LogP contribution in [0.2, 0.25) is 0 Å². The third-order valence-electron chi connectivity index (χ3n) is 9.63. The predicted molar refractivity (Wildman–Crippen MR) is 147 cm³/mol. The third-order valence-corrected chi connectivity index (χ3v) is 9.63. The Morgan fingerprint density at radius 1 is 0.436 bits per heavy atom. The van der Waals surface area contributed by atoms with Gasteiger partial charge in [0.15, 0.2) is 0 Å². The van der Waals surface area contributed by atoms with Crippen molar-refractivity contribution in [3.8, 4) is 0 Å². The molecule has 0 saturated carbocycles. The van der Waals surface area contributed by atoms with E-state index in [2.05, 4.69) is 0 Å². The van der Waals surface area contributed by atoms with Gasteiger partial charge in [-0.15, -0.1) is 0 Å². The van der Waals surface area contributed by atoms with Gasteiger partial charge in [-0.1, -0.05) is 72.8 Å². The summed E-state index contributed by atoms with van der Waals surface area (Å²) in [6.45, 7) is 11.7. The monoisotopic (exact) mass is 519 g/mol. The molecule has 7 rings (SSSR count). The summed E-state index contributed by atoms with van der Waals surface area (Å²) in [7, 11) is 0. The first-order valence-corrected chi connectivity index (χ1v) is 13.7. The fourth-order valence-corrected chi connectivity index (χ4v) is 7.56. The Balaban J connectivity index is 1.62. The van der Waals surface area contributed by atoms with Gasteiger partial charge in [-0.2, -0.15) is 0 Å². The minimum absolute atomic E-state index is 0.0913. The molecule has 3 aromatic carbocycles. The lowest BCUT2D eigenvalue weighted by Crippen LogP contribution is -2.72. The van der Waals surface area contributed by atoms with Gasteiger partial charge in [0.1, 0.15) is 18.5 Å².